The van der Waals surface area contributed by atoms with E-state index in [0.29, 0.717) is 12.2 Å². The number of hydrogen-bond acceptors (Lipinski definition) is 3. The van der Waals surface area contributed by atoms with Gasteiger partial charge in [-0.3, -0.25) is 9.59 Å². The summed E-state index contributed by atoms with van der Waals surface area (Å²) < 4.78 is 3.34. The monoisotopic (exact) mass is 130 g/mol. The molecule has 1 aliphatic rings. The third kappa shape index (κ3) is 1.01. The van der Waals surface area contributed by atoms with Gasteiger partial charge in [0, 0.05) is 12.2 Å². The van der Waals surface area contributed by atoms with E-state index in [-0.39, 0.29) is 5.78 Å². The Hall–Kier alpha value is -0.510. The van der Waals surface area contributed by atoms with Crippen LogP contribution in [0.3, 0.4) is 0 Å². The van der Waals surface area contributed by atoms with Gasteiger partial charge in [-0.25, -0.2) is 0 Å². The van der Waals surface area contributed by atoms with E-state index < -0.39 is 5.91 Å². The number of hydrogen-bond donors (Lipinski definition) is 0. The van der Waals surface area contributed by atoms with Gasteiger partial charge in [-0.2, -0.15) is 4.72 Å². The lowest BCUT2D eigenvalue weighted by atomic mass is 10.3. The van der Waals surface area contributed by atoms with Gasteiger partial charge in [0.2, 0.25) is 5.78 Å². The van der Waals surface area contributed by atoms with Crippen LogP contribution in [-0.2, 0) is 9.59 Å². The van der Waals surface area contributed by atoms with E-state index in [4.69, 9.17) is 0 Å². The van der Waals surface area contributed by atoms with Crippen LogP contribution in [0.4, 0.5) is 0 Å². The fraction of sp³-hybridized carbons (Fsp3) is 0.500. The van der Waals surface area contributed by atoms with Crippen molar-refractivity contribution < 1.29 is 9.59 Å². The molecule has 3 nitrogen and oxygen atoms in total. The fourth-order valence-electron chi connectivity index (χ4n) is 0.400. The van der Waals surface area contributed by atoms with Crippen LogP contribution in [-0.4, -0.2) is 17.4 Å². The zero-order valence-electron chi connectivity index (χ0n) is 4.09. The highest BCUT2D eigenvalue weighted by molar-refractivity contribution is 7.98. The number of carbonyl (C=O) groups excluding carboxylic acids is 2. The van der Waals surface area contributed by atoms with E-state index in [9.17, 15) is 9.59 Å². The first kappa shape index (κ1) is 5.62. The second-order valence-corrected chi connectivity index (χ2v) is 2.25. The largest absolute Gasteiger partial charge is 0.319 e. The van der Waals surface area contributed by atoms with Crippen molar-refractivity contribution in [3.05, 3.63) is 0 Å². The molecule has 0 aromatic rings. The maximum absolute atomic E-state index is 10.3. The quantitative estimate of drug-likeness (QED) is 0.335. The molecule has 1 aliphatic heterocycles. The first-order valence-electron chi connectivity index (χ1n) is 2.21. The molecule has 1 fully saturated rings. The summed E-state index contributed by atoms with van der Waals surface area (Å²) in [5, 5.41) is 0. The molecule has 1 radical (unpaired) electrons. The highest BCUT2D eigenvalue weighted by Crippen LogP contribution is 2.06. The Kier molecular flexibility index (Phi) is 1.53. The predicted molar refractivity (Wildman–Crippen MR) is 29.2 cm³/mol. The van der Waals surface area contributed by atoms with Crippen LogP contribution in [0.1, 0.15) is 6.42 Å². The lowest BCUT2D eigenvalue weighted by molar-refractivity contribution is -0.136. The molecule has 0 saturated carbocycles. The number of nitrogens with zero attached hydrogens (tertiary/aromatic N) is 1. The number of carbonyl (C=O) groups is 2. The third-order valence-electron chi connectivity index (χ3n) is 0.806. The van der Waals surface area contributed by atoms with Crippen molar-refractivity contribution in [3.63, 3.8) is 0 Å². The SMILES string of the molecule is O=C1CCS[N]C1=O. The molecule has 0 spiro atoms. The van der Waals surface area contributed by atoms with Crippen molar-refractivity contribution in [2.75, 3.05) is 5.75 Å². The maximum atomic E-state index is 10.3. The minimum absolute atomic E-state index is 0.354. The highest BCUT2D eigenvalue weighted by Gasteiger charge is 2.19. The van der Waals surface area contributed by atoms with E-state index in [1.807, 2.05) is 0 Å². The molecule has 8 heavy (non-hydrogen) atoms. The Labute approximate surface area is 51.0 Å². The van der Waals surface area contributed by atoms with Crippen LogP contribution in [0, 0.1) is 0 Å². The molecule has 1 amide bonds. The van der Waals surface area contributed by atoms with E-state index >= 15 is 0 Å². The van der Waals surface area contributed by atoms with Gasteiger partial charge in [0.25, 0.3) is 0 Å². The van der Waals surface area contributed by atoms with Gasteiger partial charge in [0.15, 0.2) is 0 Å². The molecular weight excluding hydrogens is 126 g/mol. The Morgan fingerprint density at radius 3 is 2.62 bits per heavy atom. The molecule has 1 rings (SSSR count). The molecule has 43 valence electrons. The summed E-state index contributed by atoms with van der Waals surface area (Å²) in [6.45, 7) is 0. The van der Waals surface area contributed by atoms with Crippen LogP contribution in [0.25, 0.3) is 0 Å². The summed E-state index contributed by atoms with van der Waals surface area (Å²) in [4.78, 5) is 20.6. The number of rotatable bonds is 0. The lowest BCUT2D eigenvalue weighted by Gasteiger charge is -2.03. The second kappa shape index (κ2) is 2.17. The van der Waals surface area contributed by atoms with Crippen molar-refractivity contribution in [3.8, 4) is 0 Å². The van der Waals surface area contributed by atoms with Crippen LogP contribution in [0.15, 0.2) is 0 Å². The zero-order valence-corrected chi connectivity index (χ0v) is 4.90. The molecule has 4 heteroatoms. The maximum Gasteiger partial charge on any atom is 0.319 e. The summed E-state index contributed by atoms with van der Waals surface area (Å²) >= 11 is 1.16. The topological polar surface area (TPSA) is 48.2 Å². The van der Waals surface area contributed by atoms with E-state index in [0.717, 1.165) is 11.9 Å². The van der Waals surface area contributed by atoms with Gasteiger partial charge < -0.3 is 0 Å². The van der Waals surface area contributed by atoms with Crippen molar-refractivity contribution in [1.29, 1.82) is 0 Å². The molecule has 0 aromatic carbocycles. The summed E-state index contributed by atoms with van der Waals surface area (Å²) in [6, 6.07) is 0. The van der Waals surface area contributed by atoms with Crippen molar-refractivity contribution >= 4 is 23.6 Å². The Bertz CT molecular complexity index is 118. The minimum atomic E-state index is -0.582. The van der Waals surface area contributed by atoms with Crippen LogP contribution in [0.2, 0.25) is 0 Å². The van der Waals surface area contributed by atoms with E-state index in [1.54, 1.807) is 0 Å². The third-order valence-corrected chi connectivity index (χ3v) is 1.49. The second-order valence-electron chi connectivity index (χ2n) is 1.40. The highest BCUT2D eigenvalue weighted by atomic mass is 32.2. The fourth-order valence-corrected chi connectivity index (χ4v) is 0.987. The Morgan fingerprint density at radius 2 is 2.25 bits per heavy atom. The zero-order chi connectivity index (χ0) is 5.98. The van der Waals surface area contributed by atoms with Crippen molar-refractivity contribution in [1.82, 2.24) is 4.72 Å². The Balaban J connectivity index is 2.52. The summed E-state index contributed by atoms with van der Waals surface area (Å²) in [6.07, 6.45) is 0.354. The molecule has 0 bridgehead atoms. The molecule has 0 aromatic heterocycles. The average molecular weight is 130 g/mol. The van der Waals surface area contributed by atoms with Gasteiger partial charge in [0.1, 0.15) is 0 Å². The van der Waals surface area contributed by atoms with Gasteiger partial charge in [-0.15, -0.1) is 0 Å². The summed E-state index contributed by atoms with van der Waals surface area (Å²) in [5.74, 6) is -0.282. The molecule has 0 unspecified atom stereocenters. The van der Waals surface area contributed by atoms with Gasteiger partial charge in [0.05, 0.1) is 0 Å². The summed E-state index contributed by atoms with van der Waals surface area (Å²) in [5.41, 5.74) is 0. The lowest BCUT2D eigenvalue weighted by Crippen LogP contribution is -2.26. The molecule has 1 saturated heterocycles. The smallest absolute Gasteiger partial charge is 0.289 e. The van der Waals surface area contributed by atoms with Crippen LogP contribution < -0.4 is 4.72 Å². The van der Waals surface area contributed by atoms with Crippen LogP contribution in [0.5, 0.6) is 0 Å². The molecule has 0 aliphatic carbocycles. The first-order valence-corrected chi connectivity index (χ1v) is 3.15. The first-order chi connectivity index (χ1) is 3.80. The van der Waals surface area contributed by atoms with Crippen LogP contribution >= 0.6 is 11.9 Å². The number of amides is 1. The van der Waals surface area contributed by atoms with Crippen molar-refractivity contribution in [2.45, 2.75) is 6.42 Å². The standard InChI is InChI=1S/C4H4NO2S/c6-3-1-2-8-5-4(3)7/h1-2H2. The normalized spacial score (nSPS) is 20.5. The predicted octanol–water partition coefficient (Wildman–Crippen LogP) is -0.262. The molecular formula is C4H4NO2S. The Morgan fingerprint density at radius 1 is 1.50 bits per heavy atom. The molecule has 1 heterocycles. The summed E-state index contributed by atoms with van der Waals surface area (Å²) in [7, 11) is 0. The van der Waals surface area contributed by atoms with Gasteiger partial charge in [-0.1, -0.05) is 0 Å². The minimum Gasteiger partial charge on any atom is -0.289 e. The van der Waals surface area contributed by atoms with Gasteiger partial charge >= 0.3 is 5.91 Å². The average Bonchev–Trinajstić information content (AvgIpc) is 1.77. The number of ketones is 1. The number of Topliss-reactive ketones (excluding diaryl/α,β-unsaturated/α-hetero) is 1. The van der Waals surface area contributed by atoms with Gasteiger partial charge in [-0.05, 0) is 11.9 Å². The van der Waals surface area contributed by atoms with E-state index in [2.05, 4.69) is 4.72 Å². The van der Waals surface area contributed by atoms with E-state index in [1.165, 1.54) is 0 Å². The van der Waals surface area contributed by atoms with Crippen molar-refractivity contribution in [2.24, 2.45) is 0 Å². The molecule has 0 N–H and O–H groups in total. The molecule has 0 atom stereocenters.